The van der Waals surface area contributed by atoms with Crippen molar-refractivity contribution in [2.75, 3.05) is 13.2 Å². The molecule has 8 heteroatoms. The van der Waals surface area contributed by atoms with E-state index in [1.165, 1.54) is 24.4 Å². The second-order valence-corrected chi connectivity index (χ2v) is 6.79. The summed E-state index contributed by atoms with van der Waals surface area (Å²) in [7, 11) is -3.98. The van der Waals surface area contributed by atoms with Crippen LogP contribution in [-0.2, 0) is 9.84 Å². The summed E-state index contributed by atoms with van der Waals surface area (Å²) in [6.07, 6.45) is 1.35. The number of hydrogen-bond acceptors (Lipinski definition) is 4. The van der Waals surface area contributed by atoms with Gasteiger partial charge in [0.05, 0.1) is 10.4 Å². The number of para-hydroxylation sites is 1. The second-order valence-electron chi connectivity index (χ2n) is 4.90. The zero-order valence-corrected chi connectivity index (χ0v) is 14.2. The molecule has 0 aliphatic carbocycles. The maximum absolute atomic E-state index is 13.9. The Morgan fingerprint density at radius 3 is 2.54 bits per heavy atom. The molecule has 0 atom stereocenters. The maximum atomic E-state index is 13.9. The van der Waals surface area contributed by atoms with Crippen LogP contribution < -0.4 is 10.5 Å². The van der Waals surface area contributed by atoms with Crippen LogP contribution in [0.2, 0.25) is 0 Å². The van der Waals surface area contributed by atoms with Crippen molar-refractivity contribution in [1.82, 2.24) is 4.98 Å². The fraction of sp³-hybridized carbons (Fsp3) is 0.125. The Kier molecular flexibility index (Phi) is 5.48. The maximum Gasteiger partial charge on any atom is 0.211 e. The molecule has 128 valence electrons. The molecule has 0 aliphatic heterocycles. The Morgan fingerprint density at radius 2 is 1.83 bits per heavy atom. The summed E-state index contributed by atoms with van der Waals surface area (Å²) in [5, 5.41) is 0.447. The van der Waals surface area contributed by atoms with Gasteiger partial charge >= 0.3 is 0 Å². The highest BCUT2D eigenvalue weighted by Gasteiger charge is 2.25. The van der Waals surface area contributed by atoms with Crippen LogP contribution in [0.25, 0.3) is 10.9 Å². The number of halogens is 2. The molecule has 0 unspecified atom stereocenters. The topological polar surface area (TPSA) is 85.2 Å². The first-order valence-corrected chi connectivity index (χ1v) is 8.46. The Hall–Kier alpha value is -2.09. The summed E-state index contributed by atoms with van der Waals surface area (Å²) < 4.78 is 44.9. The first kappa shape index (κ1) is 18.3. The largest absolute Gasteiger partial charge is 0.490 e. The van der Waals surface area contributed by atoms with Crippen molar-refractivity contribution < 1.29 is 17.5 Å². The van der Waals surface area contributed by atoms with Gasteiger partial charge in [0.1, 0.15) is 23.1 Å². The lowest BCUT2D eigenvalue weighted by Gasteiger charge is -2.07. The molecule has 0 fully saturated rings. The minimum absolute atomic E-state index is 0. The average molecular weight is 371 g/mol. The smallest absolute Gasteiger partial charge is 0.211 e. The zero-order chi connectivity index (χ0) is 16.4. The van der Waals surface area contributed by atoms with Crippen LogP contribution in [-0.4, -0.2) is 26.6 Å². The van der Waals surface area contributed by atoms with Crippen molar-refractivity contribution >= 4 is 33.1 Å². The van der Waals surface area contributed by atoms with Gasteiger partial charge in [0.25, 0.3) is 0 Å². The summed E-state index contributed by atoms with van der Waals surface area (Å²) in [4.78, 5) is 2.55. The van der Waals surface area contributed by atoms with Crippen molar-refractivity contribution in [1.29, 1.82) is 0 Å². The number of hydrogen-bond donors (Lipinski definition) is 2. The Bertz CT molecular complexity index is 957. The number of aromatic amines is 1. The third kappa shape index (κ3) is 3.10. The van der Waals surface area contributed by atoms with Gasteiger partial charge in [0, 0.05) is 18.1 Å². The van der Waals surface area contributed by atoms with Crippen LogP contribution in [0.5, 0.6) is 5.75 Å². The SMILES string of the molecule is Cl.NCCOc1cccc2c(S(=O)(=O)c3ccccc3F)c[nH]c12. The predicted molar refractivity (Wildman–Crippen MR) is 91.9 cm³/mol. The van der Waals surface area contributed by atoms with Crippen LogP contribution in [0.3, 0.4) is 0 Å². The lowest BCUT2D eigenvalue weighted by molar-refractivity contribution is 0.331. The van der Waals surface area contributed by atoms with Crippen LogP contribution in [0.4, 0.5) is 4.39 Å². The molecular weight excluding hydrogens is 355 g/mol. The average Bonchev–Trinajstić information content (AvgIpc) is 2.98. The molecule has 3 N–H and O–H groups in total. The number of nitrogens with two attached hydrogens (primary N) is 1. The molecular formula is C16H16ClFN2O3S. The minimum Gasteiger partial charge on any atom is -0.490 e. The minimum atomic E-state index is -3.98. The third-order valence-corrected chi connectivity index (χ3v) is 5.26. The number of ether oxygens (including phenoxy) is 1. The van der Waals surface area contributed by atoms with E-state index >= 15 is 0 Å². The van der Waals surface area contributed by atoms with Gasteiger partial charge in [-0.15, -0.1) is 12.4 Å². The van der Waals surface area contributed by atoms with E-state index in [0.717, 1.165) is 6.07 Å². The predicted octanol–water partition coefficient (Wildman–Crippen LogP) is 2.90. The fourth-order valence-corrected chi connectivity index (χ4v) is 3.89. The Labute approximate surface area is 145 Å². The monoisotopic (exact) mass is 370 g/mol. The molecule has 0 spiro atoms. The van der Waals surface area contributed by atoms with Gasteiger partial charge in [-0.25, -0.2) is 12.8 Å². The molecule has 5 nitrogen and oxygen atoms in total. The van der Waals surface area contributed by atoms with Gasteiger partial charge < -0.3 is 15.5 Å². The van der Waals surface area contributed by atoms with Gasteiger partial charge in [-0.2, -0.15) is 0 Å². The van der Waals surface area contributed by atoms with Crippen LogP contribution in [0.1, 0.15) is 0 Å². The first-order chi connectivity index (χ1) is 11.1. The number of H-pyrrole nitrogens is 1. The fourth-order valence-electron chi connectivity index (χ4n) is 2.39. The zero-order valence-electron chi connectivity index (χ0n) is 12.5. The molecule has 0 saturated heterocycles. The Morgan fingerprint density at radius 1 is 1.08 bits per heavy atom. The molecule has 0 amide bonds. The normalized spacial score (nSPS) is 11.2. The van der Waals surface area contributed by atoms with E-state index in [0.29, 0.717) is 29.8 Å². The quantitative estimate of drug-likeness (QED) is 0.723. The van der Waals surface area contributed by atoms with Gasteiger partial charge in [-0.1, -0.05) is 24.3 Å². The second kappa shape index (κ2) is 7.21. The van der Waals surface area contributed by atoms with Gasteiger partial charge in [-0.3, -0.25) is 0 Å². The lowest BCUT2D eigenvalue weighted by atomic mass is 10.2. The standard InChI is InChI=1S/C16H15FN2O3S.ClH/c17-12-5-1-2-7-14(12)23(20,21)15-10-19-16-11(15)4-3-6-13(16)22-9-8-18;/h1-7,10,19H,8-9,18H2;1H. The Balaban J connectivity index is 0.00000208. The first-order valence-electron chi connectivity index (χ1n) is 6.98. The van der Waals surface area contributed by atoms with E-state index in [1.807, 2.05) is 0 Å². The molecule has 0 radical (unpaired) electrons. The lowest BCUT2D eigenvalue weighted by Crippen LogP contribution is -2.10. The van der Waals surface area contributed by atoms with Gasteiger partial charge in [-0.05, 0) is 18.2 Å². The summed E-state index contributed by atoms with van der Waals surface area (Å²) in [6.45, 7) is 0.658. The van der Waals surface area contributed by atoms with Crippen molar-refractivity contribution in [3.05, 3.63) is 54.5 Å². The van der Waals surface area contributed by atoms with Crippen molar-refractivity contribution in [2.24, 2.45) is 5.73 Å². The summed E-state index contributed by atoms with van der Waals surface area (Å²) in [5.41, 5.74) is 5.95. The molecule has 2 aromatic carbocycles. The number of sulfone groups is 1. The van der Waals surface area contributed by atoms with Crippen molar-refractivity contribution in [2.45, 2.75) is 9.79 Å². The highest BCUT2D eigenvalue weighted by molar-refractivity contribution is 7.91. The molecule has 0 aliphatic rings. The third-order valence-electron chi connectivity index (χ3n) is 3.43. The van der Waals surface area contributed by atoms with E-state index in [2.05, 4.69) is 4.98 Å². The van der Waals surface area contributed by atoms with Crippen molar-refractivity contribution in [3.8, 4) is 5.75 Å². The number of benzene rings is 2. The number of nitrogens with one attached hydrogen (secondary N) is 1. The van der Waals surface area contributed by atoms with E-state index < -0.39 is 15.7 Å². The van der Waals surface area contributed by atoms with E-state index in [-0.39, 0.29) is 22.2 Å². The molecule has 3 rings (SSSR count). The van der Waals surface area contributed by atoms with Crippen LogP contribution in [0, 0.1) is 5.82 Å². The molecule has 0 bridgehead atoms. The molecule has 24 heavy (non-hydrogen) atoms. The molecule has 1 aromatic heterocycles. The van der Waals surface area contributed by atoms with Gasteiger partial charge in [0.15, 0.2) is 0 Å². The van der Waals surface area contributed by atoms with E-state index in [9.17, 15) is 12.8 Å². The van der Waals surface area contributed by atoms with Gasteiger partial charge in [0.2, 0.25) is 9.84 Å². The highest BCUT2D eigenvalue weighted by atomic mass is 35.5. The molecule has 0 saturated carbocycles. The van der Waals surface area contributed by atoms with Crippen LogP contribution >= 0.6 is 12.4 Å². The van der Waals surface area contributed by atoms with Crippen molar-refractivity contribution in [3.63, 3.8) is 0 Å². The summed E-state index contributed by atoms with van der Waals surface area (Å²) >= 11 is 0. The molecule has 3 aromatic rings. The number of aromatic nitrogens is 1. The van der Waals surface area contributed by atoms with E-state index in [4.69, 9.17) is 10.5 Å². The van der Waals surface area contributed by atoms with Crippen LogP contribution in [0.15, 0.2) is 58.5 Å². The number of fused-ring (bicyclic) bond motifs is 1. The summed E-state index contributed by atoms with van der Waals surface area (Å²) in [5.74, 6) is -0.277. The number of rotatable bonds is 5. The molecule has 1 heterocycles. The van der Waals surface area contributed by atoms with E-state index in [1.54, 1.807) is 18.2 Å². The highest BCUT2D eigenvalue weighted by Crippen LogP contribution is 2.33. The summed E-state index contributed by atoms with van der Waals surface area (Å²) in [6, 6.07) is 10.4.